The van der Waals surface area contributed by atoms with Crippen molar-refractivity contribution in [1.29, 1.82) is 0 Å². The lowest BCUT2D eigenvalue weighted by atomic mass is 10.1. The average molecular weight is 264 g/mol. The van der Waals surface area contributed by atoms with Gasteiger partial charge in [0.25, 0.3) is 10.2 Å². The molecule has 8 heteroatoms. The highest BCUT2D eigenvalue weighted by Crippen LogP contribution is 2.15. The number of rotatable bonds is 5. The van der Waals surface area contributed by atoms with Crippen LogP contribution in [0.3, 0.4) is 0 Å². The first kappa shape index (κ1) is 14.4. The molecule has 1 saturated heterocycles. The molecule has 0 aromatic rings. The number of nitrogens with zero attached hydrogens (tertiary/aromatic N) is 2. The molecule has 0 saturated carbocycles. The molecule has 100 valence electrons. The highest BCUT2D eigenvalue weighted by Gasteiger charge is 2.33. The predicted molar refractivity (Wildman–Crippen MR) is 64.4 cm³/mol. The average Bonchev–Trinajstić information content (AvgIpc) is 2.26. The molecule has 0 spiro atoms. The third-order valence-corrected chi connectivity index (χ3v) is 4.69. The van der Waals surface area contributed by atoms with Crippen LogP contribution in [0.1, 0.15) is 12.8 Å². The summed E-state index contributed by atoms with van der Waals surface area (Å²) in [6.45, 7) is 1.16. The van der Waals surface area contributed by atoms with Crippen molar-refractivity contribution in [3.8, 4) is 0 Å². The van der Waals surface area contributed by atoms with Gasteiger partial charge in [0.1, 0.15) is 0 Å². The molecule has 1 aliphatic heterocycles. The van der Waals surface area contributed by atoms with E-state index in [1.54, 1.807) is 0 Å². The maximum Gasteiger partial charge on any atom is 0.282 e. The number of carbonyl (C=O) groups is 1. The number of amides is 1. The van der Waals surface area contributed by atoms with Gasteiger partial charge in [-0.3, -0.25) is 4.79 Å². The topological polar surface area (TPSA) is 95.7 Å². The fraction of sp³-hybridized carbons (Fsp3) is 0.889. The van der Waals surface area contributed by atoms with Gasteiger partial charge < -0.3 is 11.1 Å². The minimum atomic E-state index is -3.61. The molecule has 1 amide bonds. The molecule has 1 unspecified atom stereocenters. The molecule has 1 fully saturated rings. The monoisotopic (exact) mass is 264 g/mol. The van der Waals surface area contributed by atoms with Crippen LogP contribution in [0.2, 0.25) is 0 Å². The van der Waals surface area contributed by atoms with Gasteiger partial charge in [-0.2, -0.15) is 17.0 Å². The predicted octanol–water partition coefficient (Wildman–Crippen LogP) is -1.67. The number of primary amides is 1. The molecule has 1 rings (SSSR count). The summed E-state index contributed by atoms with van der Waals surface area (Å²) >= 11 is 0. The Kier molecular flexibility index (Phi) is 4.87. The van der Waals surface area contributed by atoms with Crippen molar-refractivity contribution in [2.75, 3.05) is 33.7 Å². The second kappa shape index (κ2) is 5.76. The zero-order valence-corrected chi connectivity index (χ0v) is 11.0. The lowest BCUT2D eigenvalue weighted by molar-refractivity contribution is -0.118. The highest BCUT2D eigenvalue weighted by atomic mass is 32.2. The van der Waals surface area contributed by atoms with Crippen molar-refractivity contribution in [2.45, 2.75) is 18.9 Å². The first-order valence-electron chi connectivity index (χ1n) is 5.54. The summed E-state index contributed by atoms with van der Waals surface area (Å²) in [5.74, 6) is -0.638. The lowest BCUT2D eigenvalue weighted by Crippen LogP contribution is -2.54. The fourth-order valence-corrected chi connectivity index (χ4v) is 3.11. The Morgan fingerprint density at radius 3 is 2.53 bits per heavy atom. The van der Waals surface area contributed by atoms with Crippen LogP contribution in [-0.4, -0.2) is 62.7 Å². The normalized spacial score (nSPS) is 22.0. The summed E-state index contributed by atoms with van der Waals surface area (Å²) in [6, 6.07) is -0.205. The van der Waals surface area contributed by atoms with Crippen LogP contribution in [0.4, 0.5) is 0 Å². The zero-order valence-electron chi connectivity index (χ0n) is 10.2. The van der Waals surface area contributed by atoms with Crippen molar-refractivity contribution in [3.63, 3.8) is 0 Å². The molecule has 7 nitrogen and oxygen atoms in total. The van der Waals surface area contributed by atoms with Crippen LogP contribution in [0.5, 0.6) is 0 Å². The molecule has 0 bridgehead atoms. The molecule has 0 radical (unpaired) electrons. The standard InChI is InChI=1S/C9H20N4O3S/c1-12(2)17(15,16)13(7-9(10)14)8-4-3-5-11-6-8/h8,11H,3-7H2,1-2H3,(H2,10,14). The summed E-state index contributed by atoms with van der Waals surface area (Å²) in [7, 11) is -0.720. The number of hydrogen-bond donors (Lipinski definition) is 2. The van der Waals surface area contributed by atoms with Crippen molar-refractivity contribution in [3.05, 3.63) is 0 Å². The molecule has 3 N–H and O–H groups in total. The van der Waals surface area contributed by atoms with E-state index in [4.69, 9.17) is 5.73 Å². The summed E-state index contributed by atoms with van der Waals surface area (Å²) < 4.78 is 26.4. The molecule has 1 aliphatic rings. The second-order valence-corrected chi connectivity index (χ2v) is 6.40. The molecule has 1 atom stereocenters. The quantitative estimate of drug-likeness (QED) is 0.621. The van der Waals surface area contributed by atoms with Crippen LogP contribution in [-0.2, 0) is 15.0 Å². The molecule has 0 aromatic heterocycles. The lowest BCUT2D eigenvalue weighted by Gasteiger charge is -2.34. The van der Waals surface area contributed by atoms with Gasteiger partial charge in [0, 0.05) is 26.7 Å². The third kappa shape index (κ3) is 3.63. The summed E-state index contributed by atoms with van der Waals surface area (Å²) in [5, 5.41) is 3.12. The van der Waals surface area contributed by atoms with Gasteiger partial charge >= 0.3 is 0 Å². The maximum absolute atomic E-state index is 12.1. The van der Waals surface area contributed by atoms with E-state index < -0.39 is 16.1 Å². The summed E-state index contributed by atoms with van der Waals surface area (Å²) in [5.41, 5.74) is 5.11. The van der Waals surface area contributed by atoms with Crippen molar-refractivity contribution in [1.82, 2.24) is 13.9 Å². The number of carbonyl (C=O) groups excluding carboxylic acids is 1. The van der Waals surface area contributed by atoms with Gasteiger partial charge in [-0.15, -0.1) is 0 Å². The fourth-order valence-electron chi connectivity index (χ4n) is 1.84. The largest absolute Gasteiger partial charge is 0.369 e. The molecule has 17 heavy (non-hydrogen) atoms. The Balaban J connectivity index is 2.90. The molecule has 0 aromatic carbocycles. The zero-order chi connectivity index (χ0) is 13.1. The van der Waals surface area contributed by atoms with Crippen LogP contribution < -0.4 is 11.1 Å². The van der Waals surface area contributed by atoms with E-state index in [9.17, 15) is 13.2 Å². The SMILES string of the molecule is CN(C)S(=O)(=O)N(CC(N)=O)C1CCCNC1. The van der Waals surface area contributed by atoms with Gasteiger partial charge in [-0.05, 0) is 19.4 Å². The Morgan fingerprint density at radius 1 is 1.47 bits per heavy atom. The van der Waals surface area contributed by atoms with Gasteiger partial charge in [0.05, 0.1) is 6.54 Å². The van der Waals surface area contributed by atoms with Crippen molar-refractivity contribution < 1.29 is 13.2 Å². The van der Waals surface area contributed by atoms with Gasteiger partial charge in [0.2, 0.25) is 5.91 Å². The molecular formula is C9H20N4O3S. The number of nitrogens with one attached hydrogen (secondary N) is 1. The number of hydrogen-bond acceptors (Lipinski definition) is 4. The molecular weight excluding hydrogens is 244 g/mol. The van der Waals surface area contributed by atoms with Crippen molar-refractivity contribution in [2.24, 2.45) is 5.73 Å². The number of nitrogens with two attached hydrogens (primary N) is 1. The van der Waals surface area contributed by atoms with Crippen LogP contribution in [0, 0.1) is 0 Å². The Morgan fingerprint density at radius 2 is 2.12 bits per heavy atom. The molecule has 0 aliphatic carbocycles. The van der Waals surface area contributed by atoms with E-state index in [1.165, 1.54) is 18.4 Å². The van der Waals surface area contributed by atoms with Crippen LogP contribution >= 0.6 is 0 Å². The molecule has 1 heterocycles. The van der Waals surface area contributed by atoms with E-state index in [-0.39, 0.29) is 12.6 Å². The maximum atomic E-state index is 12.1. The second-order valence-electron chi connectivity index (χ2n) is 4.30. The van der Waals surface area contributed by atoms with E-state index in [0.29, 0.717) is 6.54 Å². The van der Waals surface area contributed by atoms with Crippen LogP contribution in [0.25, 0.3) is 0 Å². The van der Waals surface area contributed by atoms with Crippen molar-refractivity contribution >= 4 is 16.1 Å². The Hall–Kier alpha value is -0.700. The first-order chi connectivity index (χ1) is 7.85. The van der Waals surface area contributed by atoms with E-state index >= 15 is 0 Å². The Bertz CT molecular complexity index is 362. The van der Waals surface area contributed by atoms with Gasteiger partial charge in [-0.25, -0.2) is 0 Å². The minimum absolute atomic E-state index is 0.205. The van der Waals surface area contributed by atoms with E-state index in [1.807, 2.05) is 0 Å². The van der Waals surface area contributed by atoms with Gasteiger partial charge in [0.15, 0.2) is 0 Å². The third-order valence-electron chi connectivity index (χ3n) is 2.75. The number of piperidine rings is 1. The first-order valence-corrected chi connectivity index (χ1v) is 6.93. The van der Waals surface area contributed by atoms with Crippen LogP contribution in [0.15, 0.2) is 0 Å². The summed E-state index contributed by atoms with van der Waals surface area (Å²) in [6.07, 6.45) is 1.64. The highest BCUT2D eigenvalue weighted by molar-refractivity contribution is 7.86. The van der Waals surface area contributed by atoms with E-state index in [2.05, 4.69) is 5.32 Å². The van der Waals surface area contributed by atoms with E-state index in [0.717, 1.165) is 23.7 Å². The minimum Gasteiger partial charge on any atom is -0.369 e. The smallest absolute Gasteiger partial charge is 0.282 e. The summed E-state index contributed by atoms with van der Waals surface area (Å²) in [4.78, 5) is 11.0. The Labute approximate surface area is 102 Å². The van der Waals surface area contributed by atoms with Gasteiger partial charge in [-0.1, -0.05) is 0 Å².